The van der Waals surface area contributed by atoms with Crippen LogP contribution >= 0.6 is 11.8 Å². The summed E-state index contributed by atoms with van der Waals surface area (Å²) in [6.07, 6.45) is 5.28. The van der Waals surface area contributed by atoms with Crippen molar-refractivity contribution in [2.24, 2.45) is 0 Å². The first-order valence-electron chi connectivity index (χ1n) is 5.49. The zero-order chi connectivity index (χ0) is 11.4. The Bertz CT molecular complexity index is 372. The minimum Gasteiger partial charge on any atom is -0.496 e. The van der Waals surface area contributed by atoms with E-state index in [-0.39, 0.29) is 6.04 Å². The van der Waals surface area contributed by atoms with E-state index < -0.39 is 0 Å². The number of thioether (sulfide) groups is 1. The molecule has 0 bridgehead atoms. The molecule has 0 saturated heterocycles. The minimum absolute atomic E-state index is 0.193. The molecule has 2 rings (SSSR count). The predicted molar refractivity (Wildman–Crippen MR) is 68.7 cm³/mol. The molecule has 1 unspecified atom stereocenters. The lowest BCUT2D eigenvalue weighted by Crippen LogP contribution is -2.18. The van der Waals surface area contributed by atoms with Gasteiger partial charge in [-0.1, -0.05) is 12.1 Å². The first kappa shape index (κ1) is 11.6. The zero-order valence-corrected chi connectivity index (χ0v) is 10.5. The van der Waals surface area contributed by atoms with E-state index in [4.69, 9.17) is 4.74 Å². The summed E-state index contributed by atoms with van der Waals surface area (Å²) in [4.78, 5) is 1.29. The Labute approximate surface area is 101 Å². The number of rotatable bonds is 4. The molecule has 2 nitrogen and oxygen atoms in total. The standard InChI is InChI=1S/C13H17NOS/c1-14-13(12-4-3-9-15-12)10-5-7-11(16-2)8-6-10/h4-8,13-14H,3,9H2,1-2H3. The van der Waals surface area contributed by atoms with E-state index in [1.807, 2.05) is 7.05 Å². The third-order valence-corrected chi connectivity index (χ3v) is 3.50. The van der Waals surface area contributed by atoms with Crippen LogP contribution in [-0.4, -0.2) is 19.9 Å². The number of ether oxygens (including phenoxy) is 1. The Morgan fingerprint density at radius 1 is 1.31 bits per heavy atom. The molecular formula is C13H17NOS. The van der Waals surface area contributed by atoms with Crippen molar-refractivity contribution >= 4 is 11.8 Å². The molecule has 1 N–H and O–H groups in total. The van der Waals surface area contributed by atoms with Crippen molar-refractivity contribution in [2.75, 3.05) is 19.9 Å². The molecule has 1 aliphatic rings. The highest BCUT2D eigenvalue weighted by Gasteiger charge is 2.18. The van der Waals surface area contributed by atoms with E-state index >= 15 is 0 Å². The molecule has 0 radical (unpaired) electrons. The first-order chi connectivity index (χ1) is 7.85. The van der Waals surface area contributed by atoms with Gasteiger partial charge in [0.05, 0.1) is 12.6 Å². The molecule has 1 atom stereocenters. The maximum atomic E-state index is 5.61. The lowest BCUT2D eigenvalue weighted by Gasteiger charge is -2.18. The Balaban J connectivity index is 2.19. The normalized spacial score (nSPS) is 16.8. The van der Waals surface area contributed by atoms with Crippen LogP contribution < -0.4 is 5.32 Å². The Morgan fingerprint density at radius 3 is 2.56 bits per heavy atom. The SMILES string of the molecule is CNC(C1=CCCO1)c1ccc(SC)cc1. The lowest BCUT2D eigenvalue weighted by atomic mass is 10.1. The van der Waals surface area contributed by atoms with Crippen molar-refractivity contribution in [3.63, 3.8) is 0 Å². The summed E-state index contributed by atoms with van der Waals surface area (Å²) in [6.45, 7) is 0.816. The van der Waals surface area contributed by atoms with Crippen LogP contribution in [0.3, 0.4) is 0 Å². The molecule has 1 aromatic rings. The van der Waals surface area contributed by atoms with Crippen LogP contribution in [0, 0.1) is 0 Å². The van der Waals surface area contributed by atoms with Crippen molar-refractivity contribution in [3.05, 3.63) is 41.7 Å². The van der Waals surface area contributed by atoms with Gasteiger partial charge in [-0.25, -0.2) is 0 Å². The van der Waals surface area contributed by atoms with E-state index in [2.05, 4.69) is 41.9 Å². The van der Waals surface area contributed by atoms with E-state index in [0.29, 0.717) is 0 Å². The number of benzene rings is 1. The maximum absolute atomic E-state index is 5.61. The van der Waals surface area contributed by atoms with Crippen molar-refractivity contribution in [2.45, 2.75) is 17.4 Å². The van der Waals surface area contributed by atoms with Crippen molar-refractivity contribution in [1.82, 2.24) is 5.32 Å². The van der Waals surface area contributed by atoms with E-state index in [1.165, 1.54) is 10.5 Å². The average Bonchev–Trinajstić information content (AvgIpc) is 2.85. The molecule has 0 saturated carbocycles. The van der Waals surface area contributed by atoms with Gasteiger partial charge in [-0.05, 0) is 37.1 Å². The third kappa shape index (κ3) is 2.42. The quantitative estimate of drug-likeness (QED) is 0.811. The number of hydrogen-bond acceptors (Lipinski definition) is 3. The molecule has 0 spiro atoms. The van der Waals surface area contributed by atoms with Crippen LogP contribution in [0.15, 0.2) is 41.0 Å². The second-order valence-corrected chi connectivity index (χ2v) is 4.62. The van der Waals surface area contributed by atoms with Crippen molar-refractivity contribution in [1.29, 1.82) is 0 Å². The number of hydrogen-bond donors (Lipinski definition) is 1. The summed E-state index contributed by atoms with van der Waals surface area (Å²) in [6, 6.07) is 8.82. The molecule has 0 fully saturated rings. The molecule has 3 heteroatoms. The highest BCUT2D eigenvalue weighted by molar-refractivity contribution is 7.98. The molecular weight excluding hydrogens is 218 g/mol. The fourth-order valence-electron chi connectivity index (χ4n) is 1.91. The van der Waals surface area contributed by atoms with Gasteiger partial charge in [0.1, 0.15) is 5.76 Å². The van der Waals surface area contributed by atoms with E-state index in [9.17, 15) is 0 Å². The number of nitrogens with one attached hydrogen (secondary N) is 1. The second kappa shape index (κ2) is 5.41. The maximum Gasteiger partial charge on any atom is 0.114 e. The van der Waals surface area contributed by atoms with Crippen LogP contribution in [0.4, 0.5) is 0 Å². The summed E-state index contributed by atoms with van der Waals surface area (Å²) in [5, 5.41) is 3.30. The Morgan fingerprint density at radius 2 is 2.06 bits per heavy atom. The molecule has 1 heterocycles. The van der Waals surface area contributed by atoms with Gasteiger partial charge >= 0.3 is 0 Å². The highest BCUT2D eigenvalue weighted by Crippen LogP contribution is 2.27. The second-order valence-electron chi connectivity index (χ2n) is 3.74. The highest BCUT2D eigenvalue weighted by atomic mass is 32.2. The van der Waals surface area contributed by atoms with Gasteiger partial charge in [-0.2, -0.15) is 0 Å². The van der Waals surface area contributed by atoms with Gasteiger partial charge in [0.25, 0.3) is 0 Å². The summed E-state index contributed by atoms with van der Waals surface area (Å²) in [5.41, 5.74) is 1.26. The minimum atomic E-state index is 0.193. The van der Waals surface area contributed by atoms with Gasteiger partial charge in [-0.15, -0.1) is 11.8 Å². The topological polar surface area (TPSA) is 21.3 Å². The molecule has 0 aliphatic carbocycles. The van der Waals surface area contributed by atoms with Crippen LogP contribution in [-0.2, 0) is 4.74 Å². The van der Waals surface area contributed by atoms with Crippen molar-refractivity contribution in [3.8, 4) is 0 Å². The smallest absolute Gasteiger partial charge is 0.114 e. The predicted octanol–water partition coefficient (Wildman–Crippen LogP) is 2.97. The van der Waals surface area contributed by atoms with E-state index in [0.717, 1.165) is 18.8 Å². The molecule has 16 heavy (non-hydrogen) atoms. The summed E-state index contributed by atoms with van der Waals surface area (Å²) >= 11 is 1.76. The summed E-state index contributed by atoms with van der Waals surface area (Å²) in [5.74, 6) is 1.06. The van der Waals surface area contributed by atoms with Crippen LogP contribution in [0.2, 0.25) is 0 Å². The fraction of sp³-hybridized carbons (Fsp3) is 0.385. The van der Waals surface area contributed by atoms with E-state index in [1.54, 1.807) is 11.8 Å². The molecule has 1 aromatic carbocycles. The molecule has 0 aromatic heterocycles. The first-order valence-corrected chi connectivity index (χ1v) is 6.71. The van der Waals surface area contributed by atoms with Gasteiger partial charge in [0, 0.05) is 11.3 Å². The van der Waals surface area contributed by atoms with Gasteiger partial charge in [0.2, 0.25) is 0 Å². The van der Waals surface area contributed by atoms with Crippen molar-refractivity contribution < 1.29 is 4.74 Å². The Hall–Kier alpha value is -0.930. The monoisotopic (exact) mass is 235 g/mol. The van der Waals surface area contributed by atoms with Gasteiger partial charge < -0.3 is 10.1 Å². The average molecular weight is 235 g/mol. The number of likely N-dealkylation sites (N-methyl/N-ethyl adjacent to an activating group) is 1. The largest absolute Gasteiger partial charge is 0.496 e. The van der Waals surface area contributed by atoms with Crippen LogP contribution in [0.5, 0.6) is 0 Å². The lowest BCUT2D eigenvalue weighted by molar-refractivity contribution is 0.218. The fourth-order valence-corrected chi connectivity index (χ4v) is 2.32. The summed E-state index contributed by atoms with van der Waals surface area (Å²) in [7, 11) is 1.97. The Kier molecular flexibility index (Phi) is 3.91. The third-order valence-electron chi connectivity index (χ3n) is 2.75. The van der Waals surface area contributed by atoms with Gasteiger partial charge in [0.15, 0.2) is 0 Å². The molecule has 86 valence electrons. The summed E-state index contributed by atoms with van der Waals surface area (Å²) < 4.78 is 5.61. The van der Waals surface area contributed by atoms with Crippen LogP contribution in [0.1, 0.15) is 18.0 Å². The van der Waals surface area contributed by atoms with Gasteiger partial charge in [-0.3, -0.25) is 0 Å². The molecule has 1 aliphatic heterocycles. The zero-order valence-electron chi connectivity index (χ0n) is 9.69. The molecule has 0 amide bonds. The van der Waals surface area contributed by atoms with Crippen LogP contribution in [0.25, 0.3) is 0 Å².